The Morgan fingerprint density at radius 3 is 2.56 bits per heavy atom. The fourth-order valence-corrected chi connectivity index (χ4v) is 4.45. The molecule has 0 amide bonds. The molecule has 0 aromatic heterocycles. The summed E-state index contributed by atoms with van der Waals surface area (Å²) < 4.78 is 0. The van der Waals surface area contributed by atoms with Crippen LogP contribution in [0.1, 0.15) is 43.0 Å². The Hall–Kier alpha value is 0.0900. The first-order valence-electron chi connectivity index (χ1n) is 6.72. The summed E-state index contributed by atoms with van der Waals surface area (Å²) in [6.45, 7) is 0. The highest BCUT2D eigenvalue weighted by molar-refractivity contribution is 6.42. The number of hydrogen-bond acceptors (Lipinski definition) is 0. The number of benzene rings is 1. The zero-order chi connectivity index (χ0) is 12.7. The molecule has 2 aliphatic rings. The van der Waals surface area contributed by atoms with Crippen molar-refractivity contribution in [2.75, 3.05) is 0 Å². The lowest BCUT2D eigenvalue weighted by Gasteiger charge is -2.24. The molecule has 2 aliphatic carbocycles. The van der Waals surface area contributed by atoms with Crippen molar-refractivity contribution in [3.05, 3.63) is 33.8 Å². The molecule has 0 spiro atoms. The SMILES string of the molecule is Clc1ccc(C(Cl)CC2CC3CCC2C3)cc1Cl. The van der Waals surface area contributed by atoms with E-state index in [1.807, 2.05) is 18.2 Å². The van der Waals surface area contributed by atoms with Crippen molar-refractivity contribution in [1.82, 2.24) is 0 Å². The lowest BCUT2D eigenvalue weighted by Crippen LogP contribution is -2.12. The molecule has 1 aromatic carbocycles. The molecule has 2 fully saturated rings. The van der Waals surface area contributed by atoms with Crippen LogP contribution in [0.3, 0.4) is 0 Å². The summed E-state index contributed by atoms with van der Waals surface area (Å²) in [6.07, 6.45) is 6.77. The molecule has 3 rings (SSSR count). The molecule has 98 valence electrons. The molecule has 4 atom stereocenters. The minimum atomic E-state index is 0.0733. The molecule has 2 saturated carbocycles. The first-order chi connectivity index (χ1) is 8.63. The summed E-state index contributed by atoms with van der Waals surface area (Å²) in [5.41, 5.74) is 1.11. The zero-order valence-corrected chi connectivity index (χ0v) is 12.5. The van der Waals surface area contributed by atoms with E-state index in [2.05, 4.69) is 0 Å². The number of rotatable bonds is 3. The third-order valence-electron chi connectivity index (χ3n) is 4.70. The van der Waals surface area contributed by atoms with Crippen molar-refractivity contribution in [3.8, 4) is 0 Å². The second-order valence-electron chi connectivity index (χ2n) is 5.81. The summed E-state index contributed by atoms with van der Waals surface area (Å²) in [5.74, 6) is 2.73. The van der Waals surface area contributed by atoms with Crippen molar-refractivity contribution in [2.45, 2.75) is 37.5 Å². The van der Waals surface area contributed by atoms with Gasteiger partial charge in [-0.05, 0) is 61.1 Å². The predicted octanol–water partition coefficient (Wildman–Crippen LogP) is 6.10. The van der Waals surface area contributed by atoms with Crippen molar-refractivity contribution >= 4 is 34.8 Å². The predicted molar refractivity (Wildman–Crippen MR) is 78.6 cm³/mol. The van der Waals surface area contributed by atoms with E-state index >= 15 is 0 Å². The Bertz CT molecular complexity index is 443. The topological polar surface area (TPSA) is 0 Å². The minimum Gasteiger partial charge on any atom is -0.118 e. The normalized spacial score (nSPS) is 31.8. The molecule has 0 aliphatic heterocycles. The van der Waals surface area contributed by atoms with E-state index in [0.29, 0.717) is 10.0 Å². The van der Waals surface area contributed by atoms with E-state index in [1.165, 1.54) is 25.7 Å². The van der Waals surface area contributed by atoms with Gasteiger partial charge in [-0.1, -0.05) is 35.7 Å². The van der Waals surface area contributed by atoms with Gasteiger partial charge >= 0.3 is 0 Å². The van der Waals surface area contributed by atoms with E-state index in [9.17, 15) is 0 Å². The highest BCUT2D eigenvalue weighted by atomic mass is 35.5. The van der Waals surface area contributed by atoms with E-state index in [1.54, 1.807) is 0 Å². The van der Waals surface area contributed by atoms with Gasteiger partial charge in [-0.25, -0.2) is 0 Å². The lowest BCUT2D eigenvalue weighted by molar-refractivity contribution is 0.312. The van der Waals surface area contributed by atoms with Gasteiger partial charge in [0.05, 0.1) is 15.4 Å². The summed E-state index contributed by atoms with van der Waals surface area (Å²) >= 11 is 18.5. The zero-order valence-electron chi connectivity index (χ0n) is 10.2. The van der Waals surface area contributed by atoms with Crippen molar-refractivity contribution in [1.29, 1.82) is 0 Å². The van der Waals surface area contributed by atoms with Gasteiger partial charge in [0.2, 0.25) is 0 Å². The van der Waals surface area contributed by atoms with Crippen LogP contribution >= 0.6 is 34.8 Å². The van der Waals surface area contributed by atoms with Gasteiger partial charge < -0.3 is 0 Å². The van der Waals surface area contributed by atoms with Crippen LogP contribution in [0.15, 0.2) is 18.2 Å². The second-order valence-corrected chi connectivity index (χ2v) is 7.15. The smallest absolute Gasteiger partial charge is 0.0595 e. The molecule has 2 bridgehead atoms. The van der Waals surface area contributed by atoms with Crippen LogP contribution in [0.2, 0.25) is 10.0 Å². The second kappa shape index (κ2) is 5.23. The quantitative estimate of drug-likeness (QED) is 0.592. The van der Waals surface area contributed by atoms with Gasteiger partial charge in [0.15, 0.2) is 0 Å². The number of halogens is 3. The molecule has 0 N–H and O–H groups in total. The summed E-state index contributed by atoms with van der Waals surface area (Å²) in [5, 5.41) is 1.28. The molecular weight excluding hydrogens is 287 g/mol. The first-order valence-corrected chi connectivity index (χ1v) is 7.91. The lowest BCUT2D eigenvalue weighted by atomic mass is 9.84. The molecule has 1 aromatic rings. The molecular formula is C15H17Cl3. The molecule has 0 radical (unpaired) electrons. The molecule has 18 heavy (non-hydrogen) atoms. The van der Waals surface area contributed by atoms with Gasteiger partial charge in [0.1, 0.15) is 0 Å². The minimum absolute atomic E-state index is 0.0733. The van der Waals surface area contributed by atoms with Crippen LogP contribution < -0.4 is 0 Å². The van der Waals surface area contributed by atoms with E-state index in [4.69, 9.17) is 34.8 Å². The molecule has 0 saturated heterocycles. The van der Waals surface area contributed by atoms with Gasteiger partial charge in [-0.2, -0.15) is 0 Å². The van der Waals surface area contributed by atoms with Gasteiger partial charge in [0, 0.05) is 0 Å². The molecule has 3 heteroatoms. The number of alkyl halides is 1. The summed E-state index contributed by atoms with van der Waals surface area (Å²) in [7, 11) is 0. The molecule has 4 unspecified atom stereocenters. The standard InChI is InChI=1S/C15H17Cl3/c16-13-4-3-11(7-15(13)18)14(17)8-12-6-9-1-2-10(12)5-9/h3-4,7,9-10,12,14H,1-2,5-6,8H2. The Morgan fingerprint density at radius 1 is 1.11 bits per heavy atom. The Kier molecular flexibility index (Phi) is 3.80. The third-order valence-corrected chi connectivity index (χ3v) is 5.87. The largest absolute Gasteiger partial charge is 0.118 e. The maximum Gasteiger partial charge on any atom is 0.0595 e. The first kappa shape index (κ1) is 13.1. The molecule has 0 heterocycles. The fourth-order valence-electron chi connectivity index (χ4n) is 3.77. The molecule has 0 nitrogen and oxygen atoms in total. The van der Waals surface area contributed by atoms with Crippen LogP contribution in [0.4, 0.5) is 0 Å². The average molecular weight is 304 g/mol. The summed E-state index contributed by atoms with van der Waals surface area (Å²) in [6, 6.07) is 5.75. The van der Waals surface area contributed by atoms with Gasteiger partial charge in [0.25, 0.3) is 0 Å². The Balaban J connectivity index is 1.67. The van der Waals surface area contributed by atoms with Crippen molar-refractivity contribution in [3.63, 3.8) is 0 Å². The Morgan fingerprint density at radius 2 is 1.94 bits per heavy atom. The van der Waals surface area contributed by atoms with Gasteiger partial charge in [-0.3, -0.25) is 0 Å². The van der Waals surface area contributed by atoms with Crippen molar-refractivity contribution in [2.24, 2.45) is 17.8 Å². The van der Waals surface area contributed by atoms with Crippen LogP contribution in [0.25, 0.3) is 0 Å². The Labute approximate surface area is 124 Å². The highest BCUT2D eigenvalue weighted by Gasteiger charge is 2.40. The summed E-state index contributed by atoms with van der Waals surface area (Å²) in [4.78, 5) is 0. The van der Waals surface area contributed by atoms with E-state index in [0.717, 1.165) is 29.7 Å². The monoisotopic (exact) mass is 302 g/mol. The third kappa shape index (κ3) is 2.53. The maximum atomic E-state index is 6.55. The number of fused-ring (bicyclic) bond motifs is 2. The van der Waals surface area contributed by atoms with Crippen molar-refractivity contribution < 1.29 is 0 Å². The highest BCUT2D eigenvalue weighted by Crippen LogP contribution is 2.51. The fraction of sp³-hybridized carbons (Fsp3) is 0.600. The van der Waals surface area contributed by atoms with E-state index in [-0.39, 0.29) is 5.38 Å². The number of hydrogen-bond donors (Lipinski definition) is 0. The van der Waals surface area contributed by atoms with Crippen LogP contribution in [-0.2, 0) is 0 Å². The van der Waals surface area contributed by atoms with Crippen LogP contribution in [-0.4, -0.2) is 0 Å². The average Bonchev–Trinajstić information content (AvgIpc) is 2.94. The van der Waals surface area contributed by atoms with Crippen LogP contribution in [0.5, 0.6) is 0 Å². The van der Waals surface area contributed by atoms with Crippen LogP contribution in [0, 0.1) is 17.8 Å². The van der Waals surface area contributed by atoms with E-state index < -0.39 is 0 Å². The maximum absolute atomic E-state index is 6.55. The van der Waals surface area contributed by atoms with Gasteiger partial charge in [-0.15, -0.1) is 11.6 Å².